The molecule has 2 nitrogen and oxygen atoms in total. The third-order valence-corrected chi connectivity index (χ3v) is 7.74. The van der Waals surface area contributed by atoms with Crippen LogP contribution in [0.2, 0.25) is 0 Å². The molecule has 0 radical (unpaired) electrons. The summed E-state index contributed by atoms with van der Waals surface area (Å²) >= 11 is 11.5. The Balaban J connectivity index is 0.000000217. The molecule has 0 spiro atoms. The van der Waals surface area contributed by atoms with Crippen molar-refractivity contribution in [1.29, 1.82) is 0 Å². The fourth-order valence-corrected chi connectivity index (χ4v) is 5.34. The van der Waals surface area contributed by atoms with Crippen molar-refractivity contribution in [2.45, 2.75) is 7.43 Å². The minimum absolute atomic E-state index is 0. The van der Waals surface area contributed by atoms with E-state index in [4.69, 9.17) is 10.0 Å². The van der Waals surface area contributed by atoms with Crippen LogP contribution in [0.15, 0.2) is 142 Å². The largest absolute Gasteiger partial charge is 0.488 e. The van der Waals surface area contributed by atoms with Crippen molar-refractivity contribution in [3.63, 3.8) is 0 Å². The van der Waals surface area contributed by atoms with Crippen molar-refractivity contribution in [1.82, 2.24) is 0 Å². The predicted molar refractivity (Wildman–Crippen MR) is 204 cm³/mol. The van der Waals surface area contributed by atoms with Gasteiger partial charge in [0, 0.05) is 12.5 Å². The van der Waals surface area contributed by atoms with Gasteiger partial charge in [-0.3, -0.25) is 0 Å². The van der Waals surface area contributed by atoms with E-state index < -0.39 is 7.12 Å². The Labute approximate surface area is 287 Å². The van der Waals surface area contributed by atoms with Crippen LogP contribution in [0.5, 0.6) is 0 Å². The number of fused-ring (bicyclic) bond motifs is 2. The second-order valence-electron chi connectivity index (χ2n) is 8.43. The second-order valence-corrected chi connectivity index (χ2v) is 11.4. The average Bonchev–Trinajstić information content (AvgIpc) is 3.00. The first-order valence-electron chi connectivity index (χ1n) is 12.3. The molecule has 0 fully saturated rings. The van der Waals surface area contributed by atoms with Crippen molar-refractivity contribution >= 4 is 111 Å². The summed E-state index contributed by atoms with van der Waals surface area (Å²) in [5, 5.41) is 22.3. The Hall–Kier alpha value is -1.76. The van der Waals surface area contributed by atoms with Gasteiger partial charge in [0.05, 0.1) is 0 Å². The van der Waals surface area contributed by atoms with Crippen molar-refractivity contribution in [3.8, 4) is 11.1 Å². The zero-order valence-electron chi connectivity index (χ0n) is 21.7. The van der Waals surface area contributed by atoms with Crippen molar-refractivity contribution in [2.75, 3.05) is 4.93 Å². The van der Waals surface area contributed by atoms with Gasteiger partial charge in [0.25, 0.3) is 0 Å². The molecule has 6 rings (SSSR count). The highest BCUT2D eigenvalue weighted by molar-refractivity contribution is 14.1. The monoisotopic (exact) mass is 894 g/mol. The van der Waals surface area contributed by atoms with E-state index in [0.29, 0.717) is 5.46 Å². The molecule has 2 N–H and O–H groups in total. The third-order valence-electron chi connectivity index (χ3n) is 5.82. The Morgan fingerprint density at radius 2 is 1.05 bits per heavy atom. The van der Waals surface area contributed by atoms with Crippen molar-refractivity contribution in [3.05, 3.63) is 146 Å². The van der Waals surface area contributed by atoms with E-state index in [1.54, 1.807) is 24.3 Å². The summed E-state index contributed by atoms with van der Waals surface area (Å²) < 4.78 is 3.55. The first kappa shape index (κ1) is 35.4. The van der Waals surface area contributed by atoms with Gasteiger partial charge in [0.1, 0.15) is 0 Å². The molecule has 0 amide bonds. The number of alkyl halides is 1. The van der Waals surface area contributed by atoms with Crippen LogP contribution < -0.4 is 5.46 Å². The van der Waals surface area contributed by atoms with E-state index in [9.17, 15) is 0 Å². The van der Waals surface area contributed by atoms with Gasteiger partial charge in [-0.05, 0) is 96.0 Å². The smallest absolute Gasteiger partial charge is 0.423 e. The molecular formula is C34H31BBr2I2O2. The fourth-order valence-electron chi connectivity index (χ4n) is 3.95. The SMILES string of the molecule is Brc1ccc2cccc(-c3ccccc3)c2c1.Brc1ccc2cccc(I)c2c1.C.CI.OB(O)c1ccccc1. The third kappa shape index (κ3) is 10.8. The summed E-state index contributed by atoms with van der Waals surface area (Å²) in [6, 6.07) is 44.7. The Bertz CT molecular complexity index is 1630. The Morgan fingerprint density at radius 3 is 1.59 bits per heavy atom. The van der Waals surface area contributed by atoms with E-state index in [1.165, 1.54) is 36.2 Å². The molecule has 7 heteroatoms. The first-order chi connectivity index (χ1) is 19.4. The Kier molecular flexibility index (Phi) is 16.2. The molecular weight excluding hydrogens is 865 g/mol. The van der Waals surface area contributed by atoms with Crippen LogP contribution in [0.25, 0.3) is 32.7 Å². The van der Waals surface area contributed by atoms with E-state index in [2.05, 4.69) is 174 Å². The minimum atomic E-state index is -1.34. The lowest BCUT2D eigenvalue weighted by Gasteiger charge is -2.07. The normalized spacial score (nSPS) is 9.63. The van der Waals surface area contributed by atoms with Gasteiger partial charge in [-0.1, -0.05) is 165 Å². The quantitative estimate of drug-likeness (QED) is 0.103. The zero-order valence-corrected chi connectivity index (χ0v) is 29.2. The number of benzene rings is 6. The van der Waals surface area contributed by atoms with E-state index >= 15 is 0 Å². The topological polar surface area (TPSA) is 40.5 Å². The van der Waals surface area contributed by atoms with Gasteiger partial charge >= 0.3 is 7.12 Å². The summed E-state index contributed by atoms with van der Waals surface area (Å²) in [6.07, 6.45) is 0. The first-order valence-corrected chi connectivity index (χ1v) is 17.1. The van der Waals surface area contributed by atoms with E-state index in [1.807, 2.05) is 17.1 Å². The van der Waals surface area contributed by atoms with Gasteiger partial charge in [0.2, 0.25) is 0 Å². The van der Waals surface area contributed by atoms with Crippen molar-refractivity contribution in [2.24, 2.45) is 0 Å². The van der Waals surface area contributed by atoms with Crippen LogP contribution in [0.4, 0.5) is 0 Å². The van der Waals surface area contributed by atoms with Gasteiger partial charge < -0.3 is 10.0 Å². The summed E-state index contributed by atoms with van der Waals surface area (Å²) in [6.45, 7) is 0. The van der Waals surface area contributed by atoms with Crippen LogP contribution in [-0.2, 0) is 0 Å². The zero-order chi connectivity index (χ0) is 28.9. The molecule has 0 aromatic heterocycles. The standard InChI is InChI=1S/C16H11Br.C10H6BrI.C6H7BO2.CH3I.CH4/c17-14-10-9-13-7-4-8-15(16(13)11-14)12-5-2-1-3-6-12;11-8-5-4-7-2-1-3-10(12)9(7)6-8;8-7(9)6-4-2-1-3-5-6;1-2;/h1-11H;1-6H;1-5,8-9H;1H3;1H4. The molecule has 6 aromatic carbocycles. The fraction of sp³-hybridized carbons (Fsp3) is 0.0588. The summed E-state index contributed by atoms with van der Waals surface area (Å²) in [4.78, 5) is 1.97. The number of hydrogen-bond donors (Lipinski definition) is 2. The molecule has 0 aliphatic carbocycles. The number of hydrogen-bond acceptors (Lipinski definition) is 2. The van der Waals surface area contributed by atoms with Crippen LogP contribution in [-0.4, -0.2) is 22.1 Å². The maximum atomic E-state index is 8.58. The highest BCUT2D eigenvalue weighted by atomic mass is 127. The molecule has 41 heavy (non-hydrogen) atoms. The molecule has 0 atom stereocenters. The van der Waals surface area contributed by atoms with Gasteiger partial charge in [-0.15, -0.1) is 0 Å². The molecule has 0 saturated heterocycles. The number of halogens is 4. The molecule has 0 saturated carbocycles. The molecule has 0 aliphatic heterocycles. The van der Waals surface area contributed by atoms with E-state index in [0.717, 1.165) is 8.95 Å². The molecule has 0 unspecified atom stereocenters. The minimum Gasteiger partial charge on any atom is -0.423 e. The lowest BCUT2D eigenvalue weighted by Crippen LogP contribution is -2.29. The Morgan fingerprint density at radius 1 is 0.561 bits per heavy atom. The maximum Gasteiger partial charge on any atom is 0.488 e. The molecule has 0 bridgehead atoms. The summed E-state index contributed by atoms with van der Waals surface area (Å²) in [7, 11) is -1.34. The summed E-state index contributed by atoms with van der Waals surface area (Å²) in [5.74, 6) is 0. The lowest BCUT2D eigenvalue weighted by molar-refractivity contribution is 0.426. The molecule has 0 heterocycles. The molecule has 210 valence electrons. The van der Waals surface area contributed by atoms with Crippen LogP contribution >= 0.6 is 77.0 Å². The van der Waals surface area contributed by atoms with Crippen LogP contribution in [0.1, 0.15) is 7.43 Å². The highest BCUT2D eigenvalue weighted by Crippen LogP contribution is 2.30. The van der Waals surface area contributed by atoms with Gasteiger partial charge in [-0.2, -0.15) is 0 Å². The van der Waals surface area contributed by atoms with Crippen LogP contribution in [0, 0.1) is 3.57 Å². The maximum absolute atomic E-state index is 8.58. The average molecular weight is 896 g/mol. The molecule has 0 aliphatic rings. The van der Waals surface area contributed by atoms with Crippen LogP contribution in [0.3, 0.4) is 0 Å². The number of rotatable bonds is 2. The molecule has 6 aromatic rings. The lowest BCUT2D eigenvalue weighted by atomic mass is 9.81. The summed E-state index contributed by atoms with van der Waals surface area (Å²) in [5.41, 5.74) is 3.07. The second kappa shape index (κ2) is 18.7. The van der Waals surface area contributed by atoms with E-state index in [-0.39, 0.29) is 7.43 Å². The highest BCUT2D eigenvalue weighted by Gasteiger charge is 2.07. The van der Waals surface area contributed by atoms with Gasteiger partial charge in [-0.25, -0.2) is 0 Å². The van der Waals surface area contributed by atoms with Crippen molar-refractivity contribution < 1.29 is 10.0 Å². The predicted octanol–water partition coefficient (Wildman–Crippen LogP) is 10.5. The van der Waals surface area contributed by atoms with Gasteiger partial charge in [0.15, 0.2) is 0 Å².